The Morgan fingerprint density at radius 1 is 1.17 bits per heavy atom. The Balaban J connectivity index is 1.60. The van der Waals surface area contributed by atoms with Gasteiger partial charge in [-0.1, -0.05) is 30.3 Å². The number of alkyl halides is 2. The van der Waals surface area contributed by atoms with Crippen molar-refractivity contribution in [3.05, 3.63) is 72.3 Å². The molecule has 29 heavy (non-hydrogen) atoms. The largest absolute Gasteiger partial charge is 0.435 e. The molecule has 0 aliphatic carbocycles. The van der Waals surface area contributed by atoms with E-state index in [1.54, 1.807) is 25.5 Å². The zero-order valence-electron chi connectivity index (χ0n) is 16.2. The SMILES string of the molecule is CN=C(NCc1nncn1-c1ccccc1)N(C)Cc1ccc(OC(F)F)cc1. The summed E-state index contributed by atoms with van der Waals surface area (Å²) in [5.41, 5.74) is 1.91. The van der Waals surface area contributed by atoms with E-state index >= 15 is 0 Å². The van der Waals surface area contributed by atoms with E-state index in [4.69, 9.17) is 0 Å². The molecule has 9 heteroatoms. The minimum Gasteiger partial charge on any atom is -0.435 e. The monoisotopic (exact) mass is 400 g/mol. The Labute approximate surface area is 167 Å². The first-order valence-electron chi connectivity index (χ1n) is 8.96. The van der Waals surface area contributed by atoms with E-state index in [2.05, 4.69) is 25.2 Å². The molecular weight excluding hydrogens is 378 g/mol. The number of benzene rings is 2. The molecule has 0 radical (unpaired) electrons. The van der Waals surface area contributed by atoms with Crippen LogP contribution in [-0.4, -0.2) is 46.3 Å². The van der Waals surface area contributed by atoms with Gasteiger partial charge in [-0.05, 0) is 29.8 Å². The molecule has 0 saturated carbocycles. The zero-order valence-corrected chi connectivity index (χ0v) is 16.2. The number of rotatable bonds is 7. The summed E-state index contributed by atoms with van der Waals surface area (Å²) < 4.78 is 30.8. The lowest BCUT2D eigenvalue weighted by Crippen LogP contribution is -2.38. The van der Waals surface area contributed by atoms with Crippen molar-refractivity contribution in [1.29, 1.82) is 0 Å². The van der Waals surface area contributed by atoms with Gasteiger partial charge in [0.25, 0.3) is 0 Å². The standard InChI is InChI=1S/C20H22F2N6O/c1-23-20(27(2)13-15-8-10-17(11-9-15)29-19(21)22)24-12-18-26-25-14-28(18)16-6-4-3-5-7-16/h3-11,14,19H,12-13H2,1-2H3,(H,23,24). The van der Waals surface area contributed by atoms with E-state index in [0.717, 1.165) is 17.1 Å². The molecule has 0 aliphatic rings. The van der Waals surface area contributed by atoms with Crippen LogP contribution < -0.4 is 10.1 Å². The highest BCUT2D eigenvalue weighted by Gasteiger charge is 2.11. The summed E-state index contributed by atoms with van der Waals surface area (Å²) in [6, 6.07) is 16.4. The summed E-state index contributed by atoms with van der Waals surface area (Å²) in [6.07, 6.45) is 1.67. The zero-order chi connectivity index (χ0) is 20.6. The molecule has 7 nitrogen and oxygen atoms in total. The fraction of sp³-hybridized carbons (Fsp3) is 0.250. The van der Waals surface area contributed by atoms with Gasteiger partial charge in [-0.25, -0.2) is 0 Å². The highest BCUT2D eigenvalue weighted by atomic mass is 19.3. The number of nitrogens with zero attached hydrogens (tertiary/aromatic N) is 5. The fourth-order valence-corrected chi connectivity index (χ4v) is 2.85. The van der Waals surface area contributed by atoms with Crippen LogP contribution in [0, 0.1) is 0 Å². The predicted molar refractivity (Wildman–Crippen MR) is 106 cm³/mol. The lowest BCUT2D eigenvalue weighted by atomic mass is 10.2. The van der Waals surface area contributed by atoms with E-state index in [9.17, 15) is 8.78 Å². The normalized spacial score (nSPS) is 11.6. The van der Waals surface area contributed by atoms with Gasteiger partial charge in [-0.15, -0.1) is 10.2 Å². The first-order valence-corrected chi connectivity index (χ1v) is 8.96. The number of ether oxygens (including phenoxy) is 1. The molecule has 0 spiro atoms. The van der Waals surface area contributed by atoms with E-state index in [-0.39, 0.29) is 5.75 Å². The average molecular weight is 400 g/mol. The van der Waals surface area contributed by atoms with Crippen molar-refractivity contribution in [1.82, 2.24) is 25.0 Å². The minimum atomic E-state index is -2.83. The van der Waals surface area contributed by atoms with Crippen LogP contribution in [0.3, 0.4) is 0 Å². The van der Waals surface area contributed by atoms with Crippen LogP contribution in [0.5, 0.6) is 5.75 Å². The van der Waals surface area contributed by atoms with Gasteiger partial charge in [0.15, 0.2) is 11.8 Å². The van der Waals surface area contributed by atoms with Crippen LogP contribution in [0.15, 0.2) is 65.9 Å². The predicted octanol–water partition coefficient (Wildman–Crippen LogP) is 3.08. The van der Waals surface area contributed by atoms with Gasteiger partial charge in [-0.2, -0.15) is 8.78 Å². The molecule has 0 bridgehead atoms. The molecule has 3 aromatic rings. The van der Waals surface area contributed by atoms with Crippen molar-refractivity contribution in [2.75, 3.05) is 14.1 Å². The van der Waals surface area contributed by atoms with Crippen molar-refractivity contribution >= 4 is 5.96 Å². The molecule has 2 aromatic carbocycles. The second-order valence-corrected chi connectivity index (χ2v) is 6.23. The van der Waals surface area contributed by atoms with E-state index in [1.165, 1.54) is 12.1 Å². The fourth-order valence-electron chi connectivity index (χ4n) is 2.85. The van der Waals surface area contributed by atoms with Crippen molar-refractivity contribution in [2.24, 2.45) is 4.99 Å². The molecule has 0 unspecified atom stereocenters. The Morgan fingerprint density at radius 3 is 2.55 bits per heavy atom. The maximum Gasteiger partial charge on any atom is 0.387 e. The first-order chi connectivity index (χ1) is 14.1. The summed E-state index contributed by atoms with van der Waals surface area (Å²) >= 11 is 0. The number of guanidine groups is 1. The number of aliphatic imine (C=N–C) groups is 1. The van der Waals surface area contributed by atoms with E-state index < -0.39 is 6.61 Å². The van der Waals surface area contributed by atoms with Crippen molar-refractivity contribution in [2.45, 2.75) is 19.7 Å². The van der Waals surface area contributed by atoms with Gasteiger partial charge < -0.3 is 15.0 Å². The van der Waals surface area contributed by atoms with Crippen LogP contribution in [0.2, 0.25) is 0 Å². The van der Waals surface area contributed by atoms with Crippen molar-refractivity contribution < 1.29 is 13.5 Å². The van der Waals surface area contributed by atoms with Crippen molar-refractivity contribution in [3.63, 3.8) is 0 Å². The number of aromatic nitrogens is 3. The molecule has 0 aliphatic heterocycles. The Hall–Kier alpha value is -3.49. The summed E-state index contributed by atoms with van der Waals surface area (Å²) in [7, 11) is 3.58. The topological polar surface area (TPSA) is 67.6 Å². The highest BCUT2D eigenvalue weighted by molar-refractivity contribution is 5.79. The van der Waals surface area contributed by atoms with E-state index in [1.807, 2.05) is 46.8 Å². The number of nitrogens with one attached hydrogen (secondary N) is 1. The smallest absolute Gasteiger partial charge is 0.387 e. The van der Waals surface area contributed by atoms with Gasteiger partial charge in [0, 0.05) is 26.3 Å². The summed E-state index contributed by atoms with van der Waals surface area (Å²) in [6.45, 7) is -1.85. The number of hydrogen-bond acceptors (Lipinski definition) is 4. The van der Waals surface area contributed by atoms with Crippen LogP contribution in [0.1, 0.15) is 11.4 Å². The van der Waals surface area contributed by atoms with E-state index in [0.29, 0.717) is 19.0 Å². The summed E-state index contributed by atoms with van der Waals surface area (Å²) in [4.78, 5) is 6.22. The minimum absolute atomic E-state index is 0.133. The molecular formula is C20H22F2N6O. The lowest BCUT2D eigenvalue weighted by Gasteiger charge is -2.22. The lowest BCUT2D eigenvalue weighted by molar-refractivity contribution is -0.0498. The van der Waals surface area contributed by atoms with Crippen molar-refractivity contribution in [3.8, 4) is 11.4 Å². The second-order valence-electron chi connectivity index (χ2n) is 6.23. The first kappa shape index (κ1) is 20.2. The number of hydrogen-bond donors (Lipinski definition) is 1. The number of para-hydroxylation sites is 1. The molecule has 152 valence electrons. The average Bonchev–Trinajstić information content (AvgIpc) is 3.19. The van der Waals surface area contributed by atoms with Gasteiger partial charge in [-0.3, -0.25) is 9.56 Å². The molecule has 1 heterocycles. The molecule has 3 rings (SSSR count). The van der Waals surface area contributed by atoms with Crippen LogP contribution in [-0.2, 0) is 13.1 Å². The molecule has 0 atom stereocenters. The quantitative estimate of drug-likeness (QED) is 0.488. The van der Waals surface area contributed by atoms with Crippen LogP contribution in [0.25, 0.3) is 5.69 Å². The molecule has 0 amide bonds. The summed E-state index contributed by atoms with van der Waals surface area (Å²) in [5, 5.41) is 11.4. The second kappa shape index (κ2) is 9.63. The third kappa shape index (κ3) is 5.50. The Kier molecular flexibility index (Phi) is 6.72. The highest BCUT2D eigenvalue weighted by Crippen LogP contribution is 2.16. The maximum atomic E-state index is 12.3. The van der Waals surface area contributed by atoms with Crippen LogP contribution in [0.4, 0.5) is 8.78 Å². The van der Waals surface area contributed by atoms with Gasteiger partial charge in [0.1, 0.15) is 12.1 Å². The molecule has 1 N–H and O–H groups in total. The van der Waals surface area contributed by atoms with Gasteiger partial charge in [0.05, 0.1) is 6.54 Å². The number of halogens is 2. The Bertz CT molecular complexity index is 928. The maximum absolute atomic E-state index is 12.3. The van der Waals surface area contributed by atoms with Crippen LogP contribution >= 0.6 is 0 Å². The third-order valence-electron chi connectivity index (χ3n) is 4.20. The van der Waals surface area contributed by atoms with Gasteiger partial charge >= 0.3 is 6.61 Å². The molecule has 0 saturated heterocycles. The molecule has 0 fully saturated rings. The van der Waals surface area contributed by atoms with Gasteiger partial charge in [0.2, 0.25) is 0 Å². The third-order valence-corrected chi connectivity index (χ3v) is 4.20. The summed E-state index contributed by atoms with van der Waals surface area (Å²) in [5.74, 6) is 1.55. The Morgan fingerprint density at radius 2 is 1.90 bits per heavy atom. The molecule has 1 aromatic heterocycles.